The molecule has 1 amide bonds. The molecule has 0 radical (unpaired) electrons. The number of nitrogens with zero attached hydrogens (tertiary/aromatic N) is 1. The molecule has 0 aromatic carbocycles. The zero-order valence-corrected chi connectivity index (χ0v) is 11.9. The van der Waals surface area contributed by atoms with Gasteiger partial charge in [-0.05, 0) is 25.3 Å². The first-order valence-corrected chi connectivity index (χ1v) is 7.12. The van der Waals surface area contributed by atoms with Crippen LogP contribution in [0.5, 0.6) is 0 Å². The van der Waals surface area contributed by atoms with Crippen LogP contribution < -0.4 is 11.1 Å². The average Bonchev–Trinajstić information content (AvgIpc) is 2.78. The Hall–Kier alpha value is -0.820. The Morgan fingerprint density at radius 2 is 2.20 bits per heavy atom. The number of hydrogen-bond donors (Lipinski definition) is 2. The molecule has 0 bridgehead atoms. The molecule has 1 aliphatic heterocycles. The van der Waals surface area contributed by atoms with Gasteiger partial charge in [-0.3, -0.25) is 9.69 Å². The summed E-state index contributed by atoms with van der Waals surface area (Å²) in [7, 11) is 0. The minimum Gasteiger partial charge on any atom is -0.355 e. The van der Waals surface area contributed by atoms with Gasteiger partial charge in [0.15, 0.2) is 0 Å². The molecule has 2 atom stereocenters. The smallest absolute Gasteiger partial charge is 0.355 e. The number of nitrogens with two attached hydrogens (primary N) is 1. The molecule has 1 saturated heterocycles. The van der Waals surface area contributed by atoms with Gasteiger partial charge in [0.05, 0.1) is 12.5 Å². The van der Waals surface area contributed by atoms with Gasteiger partial charge in [-0.1, -0.05) is 13.3 Å². The van der Waals surface area contributed by atoms with Crippen molar-refractivity contribution in [2.75, 3.05) is 32.7 Å². The third-order valence-corrected chi connectivity index (χ3v) is 3.63. The Morgan fingerprint density at radius 1 is 1.50 bits per heavy atom. The Morgan fingerprint density at radius 3 is 2.75 bits per heavy atom. The van der Waals surface area contributed by atoms with Crippen molar-refractivity contribution in [3.63, 3.8) is 0 Å². The van der Waals surface area contributed by atoms with Crippen LogP contribution in [0.2, 0.25) is 0 Å². The van der Waals surface area contributed by atoms with Crippen molar-refractivity contribution in [2.45, 2.75) is 32.4 Å². The van der Waals surface area contributed by atoms with Crippen LogP contribution in [0.3, 0.4) is 0 Å². The van der Waals surface area contributed by atoms with Gasteiger partial charge < -0.3 is 11.1 Å². The number of rotatable bonds is 7. The van der Waals surface area contributed by atoms with Crippen LogP contribution in [-0.2, 0) is 4.79 Å². The van der Waals surface area contributed by atoms with Crippen molar-refractivity contribution in [1.29, 1.82) is 0 Å². The van der Waals surface area contributed by atoms with Crippen LogP contribution in [0.1, 0.15) is 26.2 Å². The third kappa shape index (κ3) is 6.09. The minimum atomic E-state index is -4.15. The molecular formula is C13H24F3N3O. The second-order valence-corrected chi connectivity index (χ2v) is 5.47. The highest BCUT2D eigenvalue weighted by Gasteiger charge is 2.34. The predicted octanol–water partition coefficient (Wildman–Crippen LogP) is 1.36. The second-order valence-electron chi connectivity index (χ2n) is 5.47. The second kappa shape index (κ2) is 7.83. The topological polar surface area (TPSA) is 58.4 Å². The lowest BCUT2D eigenvalue weighted by Gasteiger charge is -2.19. The Balaban J connectivity index is 2.28. The van der Waals surface area contributed by atoms with Crippen LogP contribution >= 0.6 is 0 Å². The molecule has 20 heavy (non-hydrogen) atoms. The predicted molar refractivity (Wildman–Crippen MR) is 71.1 cm³/mol. The lowest BCUT2D eigenvalue weighted by Crippen LogP contribution is -2.38. The molecule has 0 aromatic rings. The number of carbonyl (C=O) groups is 1. The number of carbonyl (C=O) groups excluding carboxylic acids is 1. The van der Waals surface area contributed by atoms with Crippen LogP contribution in [0.25, 0.3) is 0 Å². The van der Waals surface area contributed by atoms with E-state index in [1.54, 1.807) is 0 Å². The van der Waals surface area contributed by atoms with Gasteiger partial charge >= 0.3 is 6.18 Å². The zero-order valence-electron chi connectivity index (χ0n) is 11.9. The number of nitrogens with one attached hydrogen (secondary N) is 1. The van der Waals surface area contributed by atoms with Gasteiger partial charge in [0.25, 0.3) is 0 Å². The van der Waals surface area contributed by atoms with E-state index in [4.69, 9.17) is 5.73 Å². The third-order valence-electron chi connectivity index (χ3n) is 3.63. The first-order valence-electron chi connectivity index (χ1n) is 7.12. The van der Waals surface area contributed by atoms with E-state index < -0.39 is 12.7 Å². The summed E-state index contributed by atoms with van der Waals surface area (Å²) >= 11 is 0. The maximum atomic E-state index is 12.3. The van der Waals surface area contributed by atoms with Gasteiger partial charge in [0.1, 0.15) is 0 Å². The van der Waals surface area contributed by atoms with Gasteiger partial charge in [0, 0.05) is 19.6 Å². The summed E-state index contributed by atoms with van der Waals surface area (Å²) in [6.07, 6.45) is -1.83. The molecule has 1 rings (SSSR count). The molecule has 1 aliphatic rings. The van der Waals surface area contributed by atoms with E-state index in [2.05, 4.69) is 5.32 Å². The highest BCUT2D eigenvalue weighted by atomic mass is 19.4. The maximum Gasteiger partial charge on any atom is 0.401 e. The number of halogens is 3. The minimum absolute atomic E-state index is 0.0800. The number of likely N-dealkylation sites (tertiary alicyclic amines) is 1. The summed E-state index contributed by atoms with van der Waals surface area (Å²) in [5.41, 5.74) is 5.54. The van der Waals surface area contributed by atoms with Crippen molar-refractivity contribution < 1.29 is 18.0 Å². The van der Waals surface area contributed by atoms with Crippen LogP contribution in [0.4, 0.5) is 13.2 Å². The standard InChI is InChI=1S/C13H24F3N3O/c1-2-3-11(6-17)12(20)18-7-10-4-5-19(8-10)9-13(14,15)16/h10-11H,2-9,17H2,1H3,(H,18,20). The molecular weight excluding hydrogens is 271 g/mol. The molecule has 4 nitrogen and oxygen atoms in total. The SMILES string of the molecule is CCCC(CN)C(=O)NCC1CCN(CC(F)(F)F)C1. The van der Waals surface area contributed by atoms with Crippen molar-refractivity contribution >= 4 is 5.91 Å². The summed E-state index contributed by atoms with van der Waals surface area (Å²) in [5.74, 6) is -0.169. The Labute approximate surface area is 117 Å². The fourth-order valence-electron chi connectivity index (χ4n) is 2.57. The summed E-state index contributed by atoms with van der Waals surface area (Å²) in [4.78, 5) is 13.2. The largest absolute Gasteiger partial charge is 0.401 e. The van der Waals surface area contributed by atoms with Gasteiger partial charge in [-0.25, -0.2) is 0 Å². The first-order chi connectivity index (χ1) is 9.35. The van der Waals surface area contributed by atoms with E-state index in [-0.39, 0.29) is 17.7 Å². The number of alkyl halides is 3. The first kappa shape index (κ1) is 17.2. The quantitative estimate of drug-likeness (QED) is 0.745. The molecule has 118 valence electrons. The highest BCUT2D eigenvalue weighted by molar-refractivity contribution is 5.78. The molecule has 2 unspecified atom stereocenters. The molecule has 1 fully saturated rings. The Bertz CT molecular complexity index is 310. The highest BCUT2D eigenvalue weighted by Crippen LogP contribution is 2.22. The normalized spacial score (nSPS) is 21.9. The Kier molecular flexibility index (Phi) is 6.75. The molecule has 0 aromatic heterocycles. The lowest BCUT2D eigenvalue weighted by atomic mass is 10.0. The zero-order chi connectivity index (χ0) is 15.2. The van der Waals surface area contributed by atoms with E-state index in [0.29, 0.717) is 32.6 Å². The van der Waals surface area contributed by atoms with Gasteiger partial charge in [-0.15, -0.1) is 0 Å². The van der Waals surface area contributed by atoms with E-state index >= 15 is 0 Å². The van der Waals surface area contributed by atoms with Crippen molar-refractivity contribution in [3.05, 3.63) is 0 Å². The number of hydrogen-bond acceptors (Lipinski definition) is 3. The number of amides is 1. The molecule has 1 heterocycles. The molecule has 0 saturated carbocycles. The van der Waals surface area contributed by atoms with Crippen LogP contribution in [0, 0.1) is 11.8 Å². The summed E-state index contributed by atoms with van der Waals surface area (Å²) in [5, 5.41) is 2.82. The fourth-order valence-corrected chi connectivity index (χ4v) is 2.57. The fraction of sp³-hybridized carbons (Fsp3) is 0.923. The summed E-state index contributed by atoms with van der Waals surface area (Å²) < 4.78 is 36.8. The van der Waals surface area contributed by atoms with Crippen molar-refractivity contribution in [2.24, 2.45) is 17.6 Å². The maximum absolute atomic E-state index is 12.3. The van der Waals surface area contributed by atoms with E-state index in [0.717, 1.165) is 12.8 Å². The van der Waals surface area contributed by atoms with E-state index in [1.165, 1.54) is 4.90 Å². The lowest BCUT2D eigenvalue weighted by molar-refractivity contribution is -0.143. The monoisotopic (exact) mass is 295 g/mol. The van der Waals surface area contributed by atoms with Crippen LogP contribution in [0.15, 0.2) is 0 Å². The van der Waals surface area contributed by atoms with E-state index in [9.17, 15) is 18.0 Å². The van der Waals surface area contributed by atoms with Gasteiger partial charge in [-0.2, -0.15) is 13.2 Å². The average molecular weight is 295 g/mol. The van der Waals surface area contributed by atoms with E-state index in [1.807, 2.05) is 6.92 Å². The summed E-state index contributed by atoms with van der Waals surface area (Å²) in [6.45, 7) is 2.70. The van der Waals surface area contributed by atoms with Crippen molar-refractivity contribution in [1.82, 2.24) is 10.2 Å². The van der Waals surface area contributed by atoms with Gasteiger partial charge in [0.2, 0.25) is 5.91 Å². The van der Waals surface area contributed by atoms with Crippen LogP contribution in [-0.4, -0.2) is 49.7 Å². The summed E-state index contributed by atoms with van der Waals surface area (Å²) in [6, 6.07) is 0. The molecule has 3 N–H and O–H groups in total. The van der Waals surface area contributed by atoms with Crippen molar-refractivity contribution in [3.8, 4) is 0 Å². The molecule has 0 aliphatic carbocycles. The molecule has 7 heteroatoms. The molecule has 0 spiro atoms.